The first-order chi connectivity index (χ1) is 24.6. The van der Waals surface area contributed by atoms with Crippen LogP contribution in [0.25, 0.3) is 0 Å². The number of rotatable bonds is 20. The predicted molar refractivity (Wildman–Crippen MR) is 217 cm³/mol. The number of allylic oxidation sites excluding steroid dienone is 3. The van der Waals surface area contributed by atoms with E-state index in [4.69, 9.17) is 0 Å². The zero-order chi connectivity index (χ0) is 38.4. The van der Waals surface area contributed by atoms with E-state index in [0.29, 0.717) is 31.5 Å². The molecule has 2 aromatic rings. The first-order valence-electron chi connectivity index (χ1n) is 19.1. The van der Waals surface area contributed by atoms with Crippen molar-refractivity contribution in [2.75, 3.05) is 71.0 Å². The third kappa shape index (κ3) is 14.3. The molecule has 2 atom stereocenters. The van der Waals surface area contributed by atoms with Crippen molar-refractivity contribution in [3.05, 3.63) is 81.6 Å². The number of likely N-dealkylation sites (N-methyl/N-ethyl adjacent to an activating group) is 3. The van der Waals surface area contributed by atoms with Crippen molar-refractivity contribution in [3.63, 3.8) is 0 Å². The lowest BCUT2D eigenvalue weighted by atomic mass is 9.90. The Balaban J connectivity index is 1.51. The quantitative estimate of drug-likeness (QED) is 0.125. The van der Waals surface area contributed by atoms with Crippen molar-refractivity contribution in [1.82, 2.24) is 20.0 Å². The van der Waals surface area contributed by atoms with Gasteiger partial charge in [-0.2, -0.15) is 0 Å². The van der Waals surface area contributed by atoms with Crippen LogP contribution < -0.4 is 16.0 Å². The Morgan fingerprint density at radius 1 is 0.654 bits per heavy atom. The van der Waals surface area contributed by atoms with Gasteiger partial charge < -0.3 is 16.0 Å². The molecule has 286 valence electrons. The predicted octanol–water partition coefficient (Wildman–Crippen LogP) is 7.24. The van der Waals surface area contributed by atoms with Crippen molar-refractivity contribution in [2.45, 2.75) is 87.0 Å². The van der Waals surface area contributed by atoms with Gasteiger partial charge in [-0.1, -0.05) is 55.8 Å². The maximum Gasteiger partial charge on any atom is 0.238 e. The highest BCUT2D eigenvalue weighted by Crippen LogP contribution is 2.27. The second kappa shape index (κ2) is 21.0. The summed E-state index contributed by atoms with van der Waals surface area (Å²) in [4.78, 5) is 45.1. The van der Waals surface area contributed by atoms with Crippen molar-refractivity contribution in [1.29, 1.82) is 0 Å². The second-order valence-corrected chi connectivity index (χ2v) is 15.5. The highest BCUT2D eigenvalue weighted by Gasteiger charge is 2.20. The smallest absolute Gasteiger partial charge is 0.238 e. The zero-order valence-corrected chi connectivity index (χ0v) is 33.7. The first kappa shape index (κ1) is 42.6. The molecule has 1 aliphatic rings. The summed E-state index contributed by atoms with van der Waals surface area (Å²) in [5.74, 6) is 0.925. The highest BCUT2D eigenvalue weighted by atomic mass is 16.2. The largest absolute Gasteiger partial charge is 0.325 e. The van der Waals surface area contributed by atoms with Gasteiger partial charge in [-0.05, 0) is 153 Å². The molecule has 0 spiro atoms. The summed E-state index contributed by atoms with van der Waals surface area (Å²) in [7, 11) is 6.04. The van der Waals surface area contributed by atoms with E-state index in [2.05, 4.69) is 57.5 Å². The van der Waals surface area contributed by atoms with Crippen molar-refractivity contribution in [3.8, 4) is 0 Å². The summed E-state index contributed by atoms with van der Waals surface area (Å²) in [5.41, 5.74) is 9.43. The van der Waals surface area contributed by atoms with E-state index < -0.39 is 0 Å². The Morgan fingerprint density at radius 2 is 1.10 bits per heavy atom. The van der Waals surface area contributed by atoms with Crippen LogP contribution in [0.3, 0.4) is 0 Å². The topological polar surface area (TPSA) is 97.0 Å². The molecule has 52 heavy (non-hydrogen) atoms. The fourth-order valence-corrected chi connectivity index (χ4v) is 7.45. The summed E-state index contributed by atoms with van der Waals surface area (Å²) in [5, 5.41) is 9.39. The minimum Gasteiger partial charge on any atom is -0.325 e. The Labute approximate surface area is 314 Å². The minimum absolute atomic E-state index is 0.00288. The van der Waals surface area contributed by atoms with E-state index in [1.54, 1.807) is 0 Å². The van der Waals surface area contributed by atoms with Gasteiger partial charge in [0.05, 0.1) is 19.6 Å². The summed E-state index contributed by atoms with van der Waals surface area (Å²) >= 11 is 0. The summed E-state index contributed by atoms with van der Waals surface area (Å²) in [6, 6.07) is 12.1. The van der Waals surface area contributed by atoms with E-state index in [1.165, 1.54) is 5.57 Å². The molecule has 0 radical (unpaired) electrons. The van der Waals surface area contributed by atoms with E-state index in [0.717, 1.165) is 103 Å². The number of nitrogens with one attached hydrogen (secondary N) is 3. The van der Waals surface area contributed by atoms with Crippen LogP contribution in [-0.4, -0.2) is 92.8 Å². The molecule has 2 unspecified atom stereocenters. The van der Waals surface area contributed by atoms with Gasteiger partial charge >= 0.3 is 0 Å². The summed E-state index contributed by atoms with van der Waals surface area (Å²) in [6.07, 6.45) is 8.24. The number of anilines is 2. The zero-order valence-electron chi connectivity index (χ0n) is 33.7. The number of unbranched alkanes of at least 4 members (excludes halogenated alkanes) is 1. The fraction of sp³-hybridized carbons (Fsp3) is 0.558. The van der Waals surface area contributed by atoms with Gasteiger partial charge in [-0.3, -0.25) is 29.1 Å². The highest BCUT2D eigenvalue weighted by molar-refractivity contribution is 5.94. The molecule has 3 N–H and O–H groups in total. The molecule has 0 saturated heterocycles. The Kier molecular flexibility index (Phi) is 17.3. The number of hydrogen-bond acceptors (Lipinski definition) is 6. The molecule has 0 aliphatic heterocycles. The second-order valence-electron chi connectivity index (χ2n) is 15.5. The molecule has 1 aliphatic carbocycles. The Bertz CT molecular complexity index is 1540. The van der Waals surface area contributed by atoms with E-state index in [-0.39, 0.29) is 17.7 Å². The molecule has 9 nitrogen and oxygen atoms in total. The number of amides is 3. The molecule has 0 heterocycles. The van der Waals surface area contributed by atoms with Crippen LogP contribution in [0.15, 0.2) is 59.3 Å². The number of carbonyl (C=O) groups excluding carboxylic acids is 3. The summed E-state index contributed by atoms with van der Waals surface area (Å²) < 4.78 is 0. The molecule has 3 rings (SSSR count). The number of benzene rings is 2. The monoisotopic (exact) mass is 715 g/mol. The maximum absolute atomic E-state index is 13.1. The maximum atomic E-state index is 13.1. The molecule has 9 heteroatoms. The molecular formula is C43H66N6O3. The molecule has 2 aromatic carbocycles. The van der Waals surface area contributed by atoms with Gasteiger partial charge in [0.2, 0.25) is 17.7 Å². The summed E-state index contributed by atoms with van der Waals surface area (Å²) in [6.45, 7) is 18.0. The lowest BCUT2D eigenvalue weighted by molar-refractivity contribution is -0.121. The van der Waals surface area contributed by atoms with Crippen LogP contribution in [0.5, 0.6) is 0 Å². The van der Waals surface area contributed by atoms with Crippen LogP contribution in [0.1, 0.15) is 81.5 Å². The van der Waals surface area contributed by atoms with Gasteiger partial charge in [0, 0.05) is 23.6 Å². The standard InChI is InChI=1S/C43H66N6O3/c1-30-24-35(6)43(36(7)25-30)46-40(52)29-49(10)26-37(21-15-23-48(9)28-39(51)45-42-33(4)18-14-19-34(42)5)20-11-12-22-47(8)27-38(50)44-41-31(2)16-13-17-32(41)3/h13-14,16-19,24,30,37H,11-12,15,20-23,25-29H2,1-10H3,(H,44,50)(H,45,51)(H,46,52). The lowest BCUT2D eigenvalue weighted by Gasteiger charge is -2.26. The molecule has 0 aromatic heterocycles. The Morgan fingerprint density at radius 3 is 1.60 bits per heavy atom. The van der Waals surface area contributed by atoms with Crippen LogP contribution in [0.4, 0.5) is 11.4 Å². The Hall–Kier alpha value is -3.79. The number of hydrogen-bond donors (Lipinski definition) is 3. The average molecular weight is 715 g/mol. The molecular weight excluding hydrogens is 649 g/mol. The number of aryl methyl sites for hydroxylation is 4. The van der Waals surface area contributed by atoms with Gasteiger partial charge in [0.1, 0.15) is 0 Å². The van der Waals surface area contributed by atoms with E-state index in [1.807, 2.05) is 85.2 Å². The van der Waals surface area contributed by atoms with E-state index >= 15 is 0 Å². The van der Waals surface area contributed by atoms with Crippen LogP contribution in [-0.2, 0) is 14.4 Å². The van der Waals surface area contributed by atoms with Crippen LogP contribution >= 0.6 is 0 Å². The number of nitrogens with zero attached hydrogens (tertiary/aromatic N) is 3. The lowest BCUT2D eigenvalue weighted by Crippen LogP contribution is -2.38. The van der Waals surface area contributed by atoms with Crippen molar-refractivity contribution in [2.24, 2.45) is 11.8 Å². The number of carbonyl (C=O) groups is 3. The number of para-hydroxylation sites is 2. The van der Waals surface area contributed by atoms with Crippen LogP contribution in [0.2, 0.25) is 0 Å². The van der Waals surface area contributed by atoms with Crippen LogP contribution in [0, 0.1) is 39.5 Å². The van der Waals surface area contributed by atoms with Gasteiger partial charge in [-0.25, -0.2) is 0 Å². The third-order valence-corrected chi connectivity index (χ3v) is 10.1. The van der Waals surface area contributed by atoms with Gasteiger partial charge in [0.15, 0.2) is 0 Å². The minimum atomic E-state index is -0.00288. The first-order valence-corrected chi connectivity index (χ1v) is 19.1. The van der Waals surface area contributed by atoms with Gasteiger partial charge in [0.25, 0.3) is 0 Å². The van der Waals surface area contributed by atoms with Gasteiger partial charge in [-0.15, -0.1) is 0 Å². The SMILES string of the molecule is CC1=CC(C)CC(C)=C1NC(=O)CN(C)CC(CCCCN(C)CC(=O)Nc1c(C)cccc1C)CCCN(C)CC(=O)Nc1c(C)cccc1C. The third-order valence-electron chi connectivity index (χ3n) is 10.1. The fourth-order valence-electron chi connectivity index (χ4n) is 7.45. The normalized spacial score (nSPS) is 15.2. The molecule has 0 saturated carbocycles. The molecule has 3 amide bonds. The van der Waals surface area contributed by atoms with Crippen molar-refractivity contribution >= 4 is 29.1 Å². The average Bonchev–Trinajstić information content (AvgIpc) is 3.04. The van der Waals surface area contributed by atoms with E-state index in [9.17, 15) is 14.4 Å². The van der Waals surface area contributed by atoms with Crippen molar-refractivity contribution < 1.29 is 14.4 Å². The molecule has 0 bridgehead atoms. The molecule has 0 fully saturated rings.